The van der Waals surface area contributed by atoms with Crippen molar-refractivity contribution in [1.82, 2.24) is 15.1 Å². The molecule has 7 nitrogen and oxygen atoms in total. The first-order valence-electron chi connectivity index (χ1n) is 8.99. The fourth-order valence-electron chi connectivity index (χ4n) is 3.32. The highest BCUT2D eigenvalue weighted by Gasteiger charge is 2.30. The lowest BCUT2D eigenvalue weighted by molar-refractivity contribution is -0.124. The third-order valence-electron chi connectivity index (χ3n) is 4.78. The molecule has 29 heavy (non-hydrogen) atoms. The average molecular weight is 428 g/mol. The molecule has 1 atom stereocenters. The molecule has 3 aromatic rings. The Labute approximate surface area is 176 Å². The number of benzene rings is 2. The predicted molar refractivity (Wildman–Crippen MR) is 112 cm³/mol. The number of nitrogens with zero attached hydrogens (tertiary/aromatic N) is 3. The molecule has 2 amide bonds. The Bertz CT molecular complexity index is 1050. The van der Waals surface area contributed by atoms with E-state index in [-0.39, 0.29) is 16.8 Å². The van der Waals surface area contributed by atoms with Gasteiger partial charge in [0, 0.05) is 17.3 Å². The van der Waals surface area contributed by atoms with Gasteiger partial charge in [0.15, 0.2) is 0 Å². The minimum atomic E-state index is -0.417. The van der Waals surface area contributed by atoms with Crippen LogP contribution in [-0.4, -0.2) is 33.0 Å². The summed E-state index contributed by atoms with van der Waals surface area (Å²) in [6, 6.07) is 14.4. The molecule has 2 aromatic carbocycles. The standard InChI is InChI=1S/C20H18ClN5O2S/c21-14-5-7-15(8-6-14)23-19(28)20-25-24-17(29-20)11-26-10-13-4-2-1-3-12(13)9-16(26)18(22)27/h1-8,16H,9-11H2,(H2,22,27)(H,23,28)/t16-/m0/s1. The van der Waals surface area contributed by atoms with E-state index in [2.05, 4.69) is 15.5 Å². The lowest BCUT2D eigenvalue weighted by Crippen LogP contribution is -2.48. The van der Waals surface area contributed by atoms with E-state index < -0.39 is 6.04 Å². The van der Waals surface area contributed by atoms with Crippen LogP contribution < -0.4 is 11.1 Å². The molecule has 3 N–H and O–H groups in total. The molecule has 0 unspecified atom stereocenters. The van der Waals surface area contributed by atoms with Crippen molar-refractivity contribution in [2.24, 2.45) is 5.73 Å². The number of nitrogens with one attached hydrogen (secondary N) is 1. The summed E-state index contributed by atoms with van der Waals surface area (Å²) < 4.78 is 0. The van der Waals surface area contributed by atoms with Gasteiger partial charge in [-0.2, -0.15) is 0 Å². The van der Waals surface area contributed by atoms with E-state index in [1.54, 1.807) is 24.3 Å². The summed E-state index contributed by atoms with van der Waals surface area (Å²) >= 11 is 7.05. The van der Waals surface area contributed by atoms with Crippen LogP contribution in [0.2, 0.25) is 5.02 Å². The van der Waals surface area contributed by atoms with Crippen LogP contribution in [0.4, 0.5) is 5.69 Å². The van der Waals surface area contributed by atoms with Gasteiger partial charge in [-0.1, -0.05) is 47.2 Å². The van der Waals surface area contributed by atoms with Crippen molar-refractivity contribution in [3.63, 3.8) is 0 Å². The minimum absolute atomic E-state index is 0.253. The predicted octanol–water partition coefficient (Wildman–Crippen LogP) is 2.86. The van der Waals surface area contributed by atoms with Crippen LogP contribution in [0.1, 0.15) is 25.9 Å². The van der Waals surface area contributed by atoms with Gasteiger partial charge < -0.3 is 11.1 Å². The normalized spacial score (nSPS) is 16.2. The first-order valence-corrected chi connectivity index (χ1v) is 10.2. The van der Waals surface area contributed by atoms with E-state index in [0.717, 1.165) is 11.1 Å². The lowest BCUT2D eigenvalue weighted by atomic mass is 9.93. The fraction of sp³-hybridized carbons (Fsp3) is 0.200. The van der Waals surface area contributed by atoms with Crippen LogP contribution in [0.15, 0.2) is 48.5 Å². The number of amides is 2. The summed E-state index contributed by atoms with van der Waals surface area (Å²) in [6.45, 7) is 0.990. The van der Waals surface area contributed by atoms with Crippen molar-refractivity contribution in [3.05, 3.63) is 74.7 Å². The SMILES string of the molecule is NC(=O)[C@@H]1Cc2ccccc2CN1Cc1nnc(C(=O)Nc2ccc(Cl)cc2)s1. The second-order valence-corrected chi connectivity index (χ2v) is 8.26. The van der Waals surface area contributed by atoms with Gasteiger partial charge in [0.05, 0.1) is 12.6 Å². The molecular formula is C20H18ClN5O2S. The van der Waals surface area contributed by atoms with E-state index in [9.17, 15) is 9.59 Å². The van der Waals surface area contributed by atoms with Crippen molar-refractivity contribution >= 4 is 40.4 Å². The number of aromatic nitrogens is 2. The summed E-state index contributed by atoms with van der Waals surface area (Å²) in [4.78, 5) is 26.4. The Kier molecular flexibility index (Phi) is 5.57. The molecule has 9 heteroatoms. The Morgan fingerprint density at radius 3 is 2.59 bits per heavy atom. The van der Waals surface area contributed by atoms with Gasteiger partial charge in [0.25, 0.3) is 5.91 Å². The monoisotopic (exact) mass is 427 g/mol. The first kappa shape index (κ1) is 19.5. The van der Waals surface area contributed by atoms with Gasteiger partial charge in [0.1, 0.15) is 5.01 Å². The third-order valence-corrected chi connectivity index (χ3v) is 5.93. The molecule has 0 spiro atoms. The van der Waals surface area contributed by atoms with Gasteiger partial charge in [-0.3, -0.25) is 14.5 Å². The number of halogens is 1. The largest absolute Gasteiger partial charge is 0.368 e. The molecule has 0 radical (unpaired) electrons. The van der Waals surface area contributed by atoms with Gasteiger partial charge >= 0.3 is 0 Å². The zero-order valence-corrected chi connectivity index (χ0v) is 16.9. The molecule has 1 aliphatic heterocycles. The van der Waals surface area contributed by atoms with E-state index in [0.29, 0.717) is 35.2 Å². The maximum atomic E-state index is 12.4. The zero-order valence-electron chi connectivity index (χ0n) is 15.3. The van der Waals surface area contributed by atoms with Crippen molar-refractivity contribution < 1.29 is 9.59 Å². The molecule has 0 saturated carbocycles. The van der Waals surface area contributed by atoms with Crippen molar-refractivity contribution in [2.45, 2.75) is 25.6 Å². The van der Waals surface area contributed by atoms with E-state index in [1.165, 1.54) is 11.3 Å². The second-order valence-electron chi connectivity index (χ2n) is 6.76. The zero-order chi connectivity index (χ0) is 20.4. The van der Waals surface area contributed by atoms with Crippen molar-refractivity contribution in [1.29, 1.82) is 0 Å². The highest BCUT2D eigenvalue weighted by molar-refractivity contribution is 7.13. The number of anilines is 1. The number of rotatable bonds is 5. The third kappa shape index (κ3) is 4.45. The molecule has 0 bridgehead atoms. The smallest absolute Gasteiger partial charge is 0.286 e. The van der Waals surface area contributed by atoms with Gasteiger partial charge in [-0.25, -0.2) is 0 Å². The number of hydrogen-bond acceptors (Lipinski definition) is 6. The van der Waals surface area contributed by atoms with Crippen molar-refractivity contribution in [2.75, 3.05) is 5.32 Å². The van der Waals surface area contributed by atoms with Crippen LogP contribution in [0, 0.1) is 0 Å². The summed E-state index contributed by atoms with van der Waals surface area (Å²) in [6.07, 6.45) is 0.564. The number of primary amides is 1. The quantitative estimate of drug-likeness (QED) is 0.652. The van der Waals surface area contributed by atoms with Crippen LogP contribution in [0.25, 0.3) is 0 Å². The molecule has 1 aromatic heterocycles. The number of carbonyl (C=O) groups is 2. The maximum absolute atomic E-state index is 12.4. The number of carbonyl (C=O) groups excluding carboxylic acids is 2. The summed E-state index contributed by atoms with van der Waals surface area (Å²) in [5.41, 5.74) is 8.55. The number of hydrogen-bond donors (Lipinski definition) is 2. The van der Waals surface area contributed by atoms with Crippen LogP contribution in [0.5, 0.6) is 0 Å². The Morgan fingerprint density at radius 2 is 1.86 bits per heavy atom. The highest BCUT2D eigenvalue weighted by Crippen LogP contribution is 2.26. The lowest BCUT2D eigenvalue weighted by Gasteiger charge is -2.34. The maximum Gasteiger partial charge on any atom is 0.286 e. The fourth-order valence-corrected chi connectivity index (χ4v) is 4.21. The highest BCUT2D eigenvalue weighted by atomic mass is 35.5. The Morgan fingerprint density at radius 1 is 1.14 bits per heavy atom. The molecule has 2 heterocycles. The molecule has 4 rings (SSSR count). The van der Waals surface area contributed by atoms with Gasteiger partial charge in [0.2, 0.25) is 10.9 Å². The summed E-state index contributed by atoms with van der Waals surface area (Å²) in [7, 11) is 0. The minimum Gasteiger partial charge on any atom is -0.368 e. The molecule has 148 valence electrons. The number of nitrogens with two attached hydrogens (primary N) is 1. The average Bonchev–Trinajstić information content (AvgIpc) is 3.18. The van der Waals surface area contributed by atoms with Crippen LogP contribution >= 0.6 is 22.9 Å². The van der Waals surface area contributed by atoms with E-state index >= 15 is 0 Å². The molecule has 0 aliphatic carbocycles. The molecule has 1 aliphatic rings. The molecule has 0 fully saturated rings. The van der Waals surface area contributed by atoms with Gasteiger partial charge in [-0.15, -0.1) is 10.2 Å². The Hall–Kier alpha value is -2.81. The van der Waals surface area contributed by atoms with Gasteiger partial charge in [-0.05, 0) is 41.8 Å². The van der Waals surface area contributed by atoms with Crippen LogP contribution in [0.3, 0.4) is 0 Å². The molecular weight excluding hydrogens is 410 g/mol. The van der Waals surface area contributed by atoms with E-state index in [4.69, 9.17) is 17.3 Å². The molecule has 0 saturated heterocycles. The topological polar surface area (TPSA) is 101 Å². The number of fused-ring (bicyclic) bond motifs is 1. The summed E-state index contributed by atoms with van der Waals surface area (Å²) in [5.74, 6) is -0.712. The second kappa shape index (κ2) is 8.28. The Balaban J connectivity index is 1.47. The first-order chi connectivity index (χ1) is 14.0. The van der Waals surface area contributed by atoms with Crippen LogP contribution in [-0.2, 0) is 24.3 Å². The summed E-state index contributed by atoms with van der Waals surface area (Å²) in [5, 5.41) is 12.4. The van der Waals surface area contributed by atoms with Crippen molar-refractivity contribution in [3.8, 4) is 0 Å². The van der Waals surface area contributed by atoms with E-state index in [1.807, 2.05) is 29.2 Å².